The van der Waals surface area contributed by atoms with Gasteiger partial charge in [-0.3, -0.25) is 9.69 Å². The number of carbonyl (C=O) groups is 1. The van der Waals surface area contributed by atoms with E-state index >= 15 is 0 Å². The van der Waals surface area contributed by atoms with Crippen LogP contribution in [-0.2, 0) is 11.3 Å². The van der Waals surface area contributed by atoms with Gasteiger partial charge in [0.2, 0.25) is 17.6 Å². The molecule has 1 N–H and O–H groups in total. The van der Waals surface area contributed by atoms with Crippen molar-refractivity contribution in [3.63, 3.8) is 0 Å². The Balaban J connectivity index is 1.29. The maximum atomic E-state index is 12.8. The lowest BCUT2D eigenvalue weighted by molar-refractivity contribution is -0.121. The second-order valence-corrected chi connectivity index (χ2v) is 8.44. The second kappa shape index (κ2) is 10.5. The number of methoxy groups -OCH3 is 1. The van der Waals surface area contributed by atoms with E-state index in [2.05, 4.69) is 20.4 Å². The van der Waals surface area contributed by atoms with E-state index in [1.165, 1.54) is 0 Å². The molecule has 1 aliphatic rings. The van der Waals surface area contributed by atoms with Crippen LogP contribution in [-0.4, -0.2) is 47.3 Å². The van der Waals surface area contributed by atoms with Crippen LogP contribution >= 0.6 is 0 Å². The first-order valence-corrected chi connectivity index (χ1v) is 11.3. The molecular weight excluding hydrogens is 420 g/mol. The van der Waals surface area contributed by atoms with Crippen LogP contribution in [0, 0.1) is 5.92 Å². The maximum Gasteiger partial charge on any atom is 0.241 e. The van der Waals surface area contributed by atoms with Crippen molar-refractivity contribution in [1.29, 1.82) is 0 Å². The number of aromatic nitrogens is 2. The molecule has 0 bridgehead atoms. The predicted molar refractivity (Wildman–Crippen MR) is 125 cm³/mol. The molecule has 0 saturated carbocycles. The minimum absolute atomic E-state index is 0.0361. The zero-order chi connectivity index (χ0) is 23.2. The van der Waals surface area contributed by atoms with Gasteiger partial charge in [-0.1, -0.05) is 17.3 Å². The highest BCUT2D eigenvalue weighted by Crippen LogP contribution is 2.27. The Kier molecular flexibility index (Phi) is 7.24. The number of hydrogen-bond acceptors (Lipinski definition) is 7. The Morgan fingerprint density at radius 2 is 1.88 bits per heavy atom. The number of piperidine rings is 1. The zero-order valence-corrected chi connectivity index (χ0v) is 19.3. The molecule has 1 saturated heterocycles. The quantitative estimate of drug-likeness (QED) is 0.545. The van der Waals surface area contributed by atoms with Gasteiger partial charge in [-0.15, -0.1) is 0 Å². The number of para-hydroxylation sites is 2. The average Bonchev–Trinajstić information content (AvgIpc) is 3.29. The summed E-state index contributed by atoms with van der Waals surface area (Å²) in [5.74, 6) is 2.61. The highest BCUT2D eigenvalue weighted by molar-refractivity contribution is 5.94. The van der Waals surface area contributed by atoms with Gasteiger partial charge in [-0.25, -0.2) is 0 Å². The molecule has 0 radical (unpaired) electrons. The van der Waals surface area contributed by atoms with Crippen LogP contribution in [0.3, 0.4) is 0 Å². The summed E-state index contributed by atoms with van der Waals surface area (Å²) in [6.45, 7) is 6.10. The molecular formula is C25H30N4O4. The lowest BCUT2D eigenvalue weighted by atomic mass is 9.96. The van der Waals surface area contributed by atoms with Gasteiger partial charge in [-0.05, 0) is 76.2 Å². The fourth-order valence-corrected chi connectivity index (χ4v) is 3.88. The summed E-state index contributed by atoms with van der Waals surface area (Å²) in [6, 6.07) is 15.1. The third kappa shape index (κ3) is 5.90. The summed E-state index contributed by atoms with van der Waals surface area (Å²) < 4.78 is 16.4. The highest BCUT2D eigenvalue weighted by Gasteiger charge is 2.26. The molecule has 33 heavy (non-hydrogen) atoms. The van der Waals surface area contributed by atoms with Crippen LogP contribution in [0.1, 0.15) is 32.6 Å². The number of hydrogen-bond donors (Lipinski definition) is 1. The van der Waals surface area contributed by atoms with Crippen molar-refractivity contribution < 1.29 is 18.8 Å². The molecule has 2 heterocycles. The molecule has 1 aromatic heterocycles. The molecule has 4 rings (SSSR count). The highest BCUT2D eigenvalue weighted by atomic mass is 16.5. The molecule has 8 nitrogen and oxygen atoms in total. The number of anilines is 1. The minimum Gasteiger partial charge on any atom is -0.497 e. The Labute approximate surface area is 193 Å². The number of carbonyl (C=O) groups excluding carboxylic acids is 1. The van der Waals surface area contributed by atoms with Gasteiger partial charge in [0.1, 0.15) is 11.5 Å². The standard InChI is InChI=1S/C25H30N4O4/c1-17(2)32-22-7-5-4-6-21(22)26-25(30)19-12-14-29(15-13-19)16-23-27-24(28-33-23)18-8-10-20(31-3)11-9-18/h4-11,17,19H,12-16H2,1-3H3,(H,26,30). The van der Waals surface area contributed by atoms with Gasteiger partial charge in [0, 0.05) is 11.5 Å². The first kappa shape index (κ1) is 22.8. The maximum absolute atomic E-state index is 12.8. The van der Waals surface area contributed by atoms with E-state index in [1.807, 2.05) is 62.4 Å². The summed E-state index contributed by atoms with van der Waals surface area (Å²) in [5, 5.41) is 7.14. The fraction of sp³-hybridized carbons (Fsp3) is 0.400. The van der Waals surface area contributed by atoms with Gasteiger partial charge in [0.05, 0.1) is 25.4 Å². The molecule has 1 amide bonds. The summed E-state index contributed by atoms with van der Waals surface area (Å²) >= 11 is 0. The van der Waals surface area contributed by atoms with E-state index in [0.29, 0.717) is 24.0 Å². The SMILES string of the molecule is COc1ccc(-c2noc(CN3CCC(C(=O)Nc4ccccc4OC(C)C)CC3)n2)cc1. The van der Waals surface area contributed by atoms with Crippen LogP contribution in [0.15, 0.2) is 53.1 Å². The topological polar surface area (TPSA) is 89.7 Å². The van der Waals surface area contributed by atoms with Gasteiger partial charge in [0.25, 0.3) is 0 Å². The van der Waals surface area contributed by atoms with E-state index in [0.717, 1.165) is 42.9 Å². The van der Waals surface area contributed by atoms with E-state index in [1.54, 1.807) is 7.11 Å². The van der Waals surface area contributed by atoms with Crippen molar-refractivity contribution in [1.82, 2.24) is 15.0 Å². The van der Waals surface area contributed by atoms with Crippen LogP contribution in [0.5, 0.6) is 11.5 Å². The molecule has 1 fully saturated rings. The Bertz CT molecular complexity index is 1060. The monoisotopic (exact) mass is 450 g/mol. The van der Waals surface area contributed by atoms with E-state index in [9.17, 15) is 4.79 Å². The summed E-state index contributed by atoms with van der Waals surface area (Å²) in [4.78, 5) is 19.6. The Hall–Kier alpha value is -3.39. The largest absolute Gasteiger partial charge is 0.497 e. The van der Waals surface area contributed by atoms with Gasteiger partial charge in [0.15, 0.2) is 0 Å². The third-order valence-corrected chi connectivity index (χ3v) is 5.64. The number of ether oxygens (including phenoxy) is 2. The number of rotatable bonds is 8. The summed E-state index contributed by atoms with van der Waals surface area (Å²) in [7, 11) is 1.63. The van der Waals surface area contributed by atoms with Crippen LogP contribution in [0.2, 0.25) is 0 Å². The van der Waals surface area contributed by atoms with Crippen molar-refractivity contribution in [2.24, 2.45) is 5.92 Å². The van der Waals surface area contributed by atoms with Crippen LogP contribution in [0.25, 0.3) is 11.4 Å². The molecule has 0 unspecified atom stereocenters. The van der Waals surface area contributed by atoms with E-state index < -0.39 is 0 Å². The Morgan fingerprint density at radius 3 is 2.58 bits per heavy atom. The molecule has 0 aliphatic carbocycles. The van der Waals surface area contributed by atoms with Crippen molar-refractivity contribution in [3.8, 4) is 22.9 Å². The second-order valence-electron chi connectivity index (χ2n) is 8.44. The number of nitrogens with one attached hydrogen (secondary N) is 1. The number of amides is 1. The van der Waals surface area contributed by atoms with Crippen molar-refractivity contribution >= 4 is 11.6 Å². The van der Waals surface area contributed by atoms with E-state index in [4.69, 9.17) is 14.0 Å². The lowest BCUT2D eigenvalue weighted by Gasteiger charge is -2.30. The molecule has 0 atom stereocenters. The summed E-state index contributed by atoms with van der Waals surface area (Å²) in [5.41, 5.74) is 1.60. The summed E-state index contributed by atoms with van der Waals surface area (Å²) in [6.07, 6.45) is 1.60. The normalized spacial score (nSPS) is 14.9. The van der Waals surface area contributed by atoms with Crippen molar-refractivity contribution in [2.75, 3.05) is 25.5 Å². The molecule has 8 heteroatoms. The molecule has 174 valence electrons. The third-order valence-electron chi connectivity index (χ3n) is 5.64. The van der Waals surface area contributed by atoms with Gasteiger partial charge < -0.3 is 19.3 Å². The van der Waals surface area contributed by atoms with Crippen molar-refractivity contribution in [3.05, 3.63) is 54.4 Å². The van der Waals surface area contributed by atoms with Gasteiger partial charge >= 0.3 is 0 Å². The number of likely N-dealkylation sites (tertiary alicyclic amines) is 1. The molecule has 2 aromatic carbocycles. The minimum atomic E-state index is -0.0362. The smallest absolute Gasteiger partial charge is 0.241 e. The first-order valence-electron chi connectivity index (χ1n) is 11.3. The van der Waals surface area contributed by atoms with Gasteiger partial charge in [-0.2, -0.15) is 4.98 Å². The fourth-order valence-electron chi connectivity index (χ4n) is 3.88. The zero-order valence-electron chi connectivity index (χ0n) is 19.3. The molecule has 1 aliphatic heterocycles. The number of nitrogens with zero attached hydrogens (tertiary/aromatic N) is 3. The number of benzene rings is 2. The first-order chi connectivity index (χ1) is 16.0. The predicted octanol–water partition coefficient (Wildman–Crippen LogP) is 4.38. The Morgan fingerprint density at radius 1 is 1.15 bits per heavy atom. The van der Waals surface area contributed by atoms with E-state index in [-0.39, 0.29) is 17.9 Å². The average molecular weight is 451 g/mol. The molecule has 0 spiro atoms. The van der Waals surface area contributed by atoms with Crippen molar-refractivity contribution in [2.45, 2.75) is 39.3 Å². The lowest BCUT2D eigenvalue weighted by Crippen LogP contribution is -2.37. The molecule has 3 aromatic rings. The van der Waals surface area contributed by atoms with Crippen LogP contribution in [0.4, 0.5) is 5.69 Å². The van der Waals surface area contributed by atoms with Crippen LogP contribution < -0.4 is 14.8 Å².